The lowest BCUT2D eigenvalue weighted by Crippen LogP contribution is -2.47. The first-order chi connectivity index (χ1) is 15.5. The van der Waals surface area contributed by atoms with E-state index in [1.807, 2.05) is 42.5 Å². The zero-order valence-electron chi connectivity index (χ0n) is 18.5. The smallest absolute Gasteiger partial charge is 0.251 e. The minimum absolute atomic E-state index is 0.105. The average molecular weight is 435 g/mol. The second kappa shape index (κ2) is 10.1. The molecule has 1 N–H and O–H groups in total. The van der Waals surface area contributed by atoms with Gasteiger partial charge >= 0.3 is 0 Å². The van der Waals surface area contributed by atoms with E-state index in [2.05, 4.69) is 22.2 Å². The highest BCUT2D eigenvalue weighted by Gasteiger charge is 2.28. The zero-order chi connectivity index (χ0) is 22.5. The van der Waals surface area contributed by atoms with Crippen molar-refractivity contribution in [3.8, 4) is 0 Å². The Bertz CT molecular complexity index is 937. The Morgan fingerprint density at radius 2 is 1.53 bits per heavy atom. The summed E-state index contributed by atoms with van der Waals surface area (Å²) in [5, 5.41) is 3.20. The molecule has 1 atom stereocenters. The summed E-state index contributed by atoms with van der Waals surface area (Å²) in [6, 6.07) is 17.1. The van der Waals surface area contributed by atoms with Gasteiger partial charge in [-0.3, -0.25) is 24.2 Å². The van der Waals surface area contributed by atoms with Crippen molar-refractivity contribution in [3.05, 3.63) is 71.3 Å². The predicted octanol–water partition coefficient (Wildman–Crippen LogP) is 2.05. The number of likely N-dealkylation sites (N-methyl/N-ethyl adjacent to an activating group) is 1. The lowest BCUT2D eigenvalue weighted by atomic mass is 10.0. The van der Waals surface area contributed by atoms with Crippen LogP contribution in [0.1, 0.15) is 40.4 Å². The van der Waals surface area contributed by atoms with Crippen LogP contribution in [0.3, 0.4) is 0 Å². The molecule has 2 aliphatic rings. The molecule has 7 nitrogen and oxygen atoms in total. The summed E-state index contributed by atoms with van der Waals surface area (Å²) < 4.78 is 0. The van der Waals surface area contributed by atoms with Crippen LogP contribution in [-0.4, -0.2) is 72.2 Å². The van der Waals surface area contributed by atoms with Gasteiger partial charge < -0.3 is 10.2 Å². The Balaban J connectivity index is 1.42. The Morgan fingerprint density at radius 1 is 0.906 bits per heavy atom. The highest BCUT2D eigenvalue weighted by molar-refractivity contribution is 6.01. The fourth-order valence-electron chi connectivity index (χ4n) is 4.19. The van der Waals surface area contributed by atoms with Gasteiger partial charge in [0.25, 0.3) is 5.91 Å². The van der Waals surface area contributed by atoms with Crippen LogP contribution in [0.5, 0.6) is 0 Å². The summed E-state index contributed by atoms with van der Waals surface area (Å²) in [4.78, 5) is 42.7. The molecule has 2 saturated heterocycles. The van der Waals surface area contributed by atoms with Gasteiger partial charge in [-0.1, -0.05) is 42.5 Å². The van der Waals surface area contributed by atoms with Crippen LogP contribution in [0.2, 0.25) is 0 Å². The first kappa shape index (κ1) is 22.2. The summed E-state index contributed by atoms with van der Waals surface area (Å²) in [6.07, 6.45) is 0.570. The molecule has 0 spiro atoms. The SMILES string of the molecule is CN1CCN(CC(NC(=O)c2ccc(CN3C(=O)CCC3=O)cc2)c2ccccc2)CC1. The van der Waals surface area contributed by atoms with Crippen LogP contribution in [-0.2, 0) is 16.1 Å². The summed E-state index contributed by atoms with van der Waals surface area (Å²) >= 11 is 0. The van der Waals surface area contributed by atoms with Crippen LogP contribution in [0.25, 0.3) is 0 Å². The van der Waals surface area contributed by atoms with Crippen molar-refractivity contribution in [2.24, 2.45) is 0 Å². The number of nitrogens with zero attached hydrogens (tertiary/aromatic N) is 3. The van der Waals surface area contributed by atoms with Gasteiger partial charge in [-0.25, -0.2) is 0 Å². The van der Waals surface area contributed by atoms with Crippen LogP contribution in [0.15, 0.2) is 54.6 Å². The number of carbonyl (C=O) groups is 3. The molecule has 3 amide bonds. The first-order valence-electron chi connectivity index (χ1n) is 11.2. The van der Waals surface area contributed by atoms with Crippen molar-refractivity contribution in [1.82, 2.24) is 20.0 Å². The molecule has 2 heterocycles. The molecule has 1 unspecified atom stereocenters. The third-order valence-electron chi connectivity index (χ3n) is 6.26. The number of benzene rings is 2. The van der Waals surface area contributed by atoms with Gasteiger partial charge in [0.2, 0.25) is 11.8 Å². The molecule has 2 aromatic carbocycles. The second-order valence-electron chi connectivity index (χ2n) is 8.61. The molecule has 32 heavy (non-hydrogen) atoms. The van der Waals surface area contributed by atoms with Gasteiger partial charge in [-0.15, -0.1) is 0 Å². The van der Waals surface area contributed by atoms with Crippen LogP contribution in [0.4, 0.5) is 0 Å². The van der Waals surface area contributed by atoms with Crippen molar-refractivity contribution in [2.45, 2.75) is 25.4 Å². The van der Waals surface area contributed by atoms with E-state index < -0.39 is 0 Å². The maximum absolute atomic E-state index is 13.0. The van der Waals surface area contributed by atoms with E-state index in [1.54, 1.807) is 12.1 Å². The van der Waals surface area contributed by atoms with Crippen molar-refractivity contribution in [1.29, 1.82) is 0 Å². The largest absolute Gasteiger partial charge is 0.344 e. The lowest BCUT2D eigenvalue weighted by Gasteiger charge is -2.35. The third-order valence-corrected chi connectivity index (χ3v) is 6.26. The molecule has 0 saturated carbocycles. The Labute approximate surface area is 189 Å². The van der Waals surface area contributed by atoms with E-state index in [0.717, 1.165) is 43.9 Å². The molecule has 2 aliphatic heterocycles. The fraction of sp³-hybridized carbons (Fsp3) is 0.400. The molecular formula is C25H30N4O3. The molecule has 0 aliphatic carbocycles. The molecule has 2 fully saturated rings. The van der Waals surface area contributed by atoms with E-state index >= 15 is 0 Å². The van der Waals surface area contributed by atoms with Gasteiger partial charge in [0, 0.05) is 51.1 Å². The molecule has 2 aromatic rings. The quantitative estimate of drug-likeness (QED) is 0.676. The van der Waals surface area contributed by atoms with Gasteiger partial charge in [0.15, 0.2) is 0 Å². The third kappa shape index (κ3) is 5.41. The van der Waals surface area contributed by atoms with Gasteiger partial charge in [-0.05, 0) is 30.3 Å². The predicted molar refractivity (Wildman–Crippen MR) is 122 cm³/mol. The normalized spacial score (nSPS) is 18.7. The van der Waals surface area contributed by atoms with Crippen LogP contribution >= 0.6 is 0 Å². The van der Waals surface area contributed by atoms with Crippen LogP contribution < -0.4 is 5.32 Å². The number of carbonyl (C=O) groups excluding carboxylic acids is 3. The van der Waals surface area contributed by atoms with Crippen molar-refractivity contribution in [3.63, 3.8) is 0 Å². The van der Waals surface area contributed by atoms with E-state index in [-0.39, 0.29) is 43.1 Å². The van der Waals surface area contributed by atoms with E-state index in [9.17, 15) is 14.4 Å². The highest BCUT2D eigenvalue weighted by Crippen LogP contribution is 2.18. The molecule has 0 radical (unpaired) electrons. The van der Waals surface area contributed by atoms with Crippen molar-refractivity contribution in [2.75, 3.05) is 39.8 Å². The number of hydrogen-bond donors (Lipinski definition) is 1. The first-order valence-corrected chi connectivity index (χ1v) is 11.2. The Morgan fingerprint density at radius 3 is 2.16 bits per heavy atom. The monoisotopic (exact) mass is 434 g/mol. The molecular weight excluding hydrogens is 404 g/mol. The fourth-order valence-corrected chi connectivity index (χ4v) is 4.19. The Kier molecular flexibility index (Phi) is 6.97. The maximum Gasteiger partial charge on any atom is 0.251 e. The minimum atomic E-state index is -0.133. The number of rotatable bonds is 7. The number of likely N-dealkylation sites (tertiary alicyclic amines) is 1. The van der Waals surface area contributed by atoms with Gasteiger partial charge in [-0.2, -0.15) is 0 Å². The molecule has 168 valence electrons. The maximum atomic E-state index is 13.0. The number of nitrogens with one attached hydrogen (secondary N) is 1. The lowest BCUT2D eigenvalue weighted by molar-refractivity contribution is -0.139. The highest BCUT2D eigenvalue weighted by atomic mass is 16.2. The van der Waals surface area contributed by atoms with Crippen LogP contribution in [0, 0.1) is 0 Å². The van der Waals surface area contributed by atoms with Gasteiger partial charge in [0.05, 0.1) is 12.6 Å². The Hall–Kier alpha value is -3.03. The van der Waals surface area contributed by atoms with E-state index in [1.165, 1.54) is 4.90 Å². The molecule has 4 rings (SSSR count). The van der Waals surface area contributed by atoms with Gasteiger partial charge in [0.1, 0.15) is 0 Å². The molecule has 7 heteroatoms. The molecule has 0 aromatic heterocycles. The number of imide groups is 1. The average Bonchev–Trinajstić information content (AvgIpc) is 3.13. The number of amides is 3. The zero-order valence-corrected chi connectivity index (χ0v) is 18.5. The summed E-state index contributed by atoms with van der Waals surface area (Å²) in [5.74, 6) is -0.397. The van der Waals surface area contributed by atoms with E-state index in [4.69, 9.17) is 0 Å². The second-order valence-corrected chi connectivity index (χ2v) is 8.61. The van der Waals surface area contributed by atoms with E-state index in [0.29, 0.717) is 5.56 Å². The minimum Gasteiger partial charge on any atom is -0.344 e. The number of hydrogen-bond acceptors (Lipinski definition) is 5. The molecule has 0 bridgehead atoms. The summed E-state index contributed by atoms with van der Waals surface area (Å²) in [6.45, 7) is 5.05. The van der Waals surface area contributed by atoms with Crippen molar-refractivity contribution >= 4 is 17.7 Å². The topological polar surface area (TPSA) is 73.0 Å². The summed E-state index contributed by atoms with van der Waals surface area (Å²) in [5.41, 5.74) is 2.48. The standard InChI is InChI=1S/C25H30N4O3/c1-27-13-15-28(16-14-27)18-22(20-5-3-2-4-6-20)26-25(32)21-9-7-19(8-10-21)17-29-23(30)11-12-24(29)31/h2-10,22H,11-18H2,1H3,(H,26,32). The summed E-state index contributed by atoms with van der Waals surface area (Å²) in [7, 11) is 2.13. The number of piperazine rings is 1. The van der Waals surface area contributed by atoms with Crippen molar-refractivity contribution < 1.29 is 14.4 Å².